The van der Waals surface area contributed by atoms with Crippen LogP contribution in [0.2, 0.25) is 0 Å². The lowest BCUT2D eigenvalue weighted by Crippen LogP contribution is -2.23. The largest absolute Gasteiger partial charge is 0.352 e. The Labute approximate surface area is 81.7 Å². The summed E-state index contributed by atoms with van der Waals surface area (Å²) in [7, 11) is 0. The van der Waals surface area contributed by atoms with Gasteiger partial charge < -0.3 is 5.32 Å². The third-order valence-corrected chi connectivity index (χ3v) is 1.68. The molecule has 1 aromatic heterocycles. The number of hydrogen-bond acceptors (Lipinski definition) is 2. The van der Waals surface area contributed by atoms with Crippen LogP contribution in [0.4, 0.5) is 4.39 Å². The molecule has 0 aliphatic rings. The first-order valence-electron chi connectivity index (χ1n) is 4.23. The zero-order chi connectivity index (χ0) is 10.4. The van der Waals surface area contributed by atoms with Crippen molar-refractivity contribution in [3.8, 4) is 0 Å². The van der Waals surface area contributed by atoms with E-state index in [0.717, 1.165) is 0 Å². The maximum atomic E-state index is 13.0. The van der Waals surface area contributed by atoms with Crippen LogP contribution in [0.3, 0.4) is 0 Å². The number of rotatable bonds is 4. The molecular weight excluding hydrogens is 183 g/mol. The first kappa shape index (κ1) is 10.4. The maximum absolute atomic E-state index is 13.0. The topological polar surface area (TPSA) is 42.0 Å². The van der Waals surface area contributed by atoms with E-state index in [1.54, 1.807) is 0 Å². The van der Waals surface area contributed by atoms with Crippen LogP contribution in [0, 0.1) is 5.82 Å². The van der Waals surface area contributed by atoms with Crippen LogP contribution in [0.5, 0.6) is 0 Å². The minimum absolute atomic E-state index is 0.263. The van der Waals surface area contributed by atoms with E-state index in [2.05, 4.69) is 16.9 Å². The molecule has 0 bridgehead atoms. The fourth-order valence-electron chi connectivity index (χ4n) is 0.979. The van der Waals surface area contributed by atoms with Crippen molar-refractivity contribution >= 4 is 5.91 Å². The van der Waals surface area contributed by atoms with Gasteiger partial charge in [0.15, 0.2) is 0 Å². The monoisotopic (exact) mass is 194 g/mol. The summed E-state index contributed by atoms with van der Waals surface area (Å²) in [5.41, 5.74) is 0.358. The van der Waals surface area contributed by atoms with Crippen molar-refractivity contribution in [2.45, 2.75) is 6.42 Å². The van der Waals surface area contributed by atoms with Crippen LogP contribution >= 0.6 is 0 Å². The molecule has 0 unspecified atom stereocenters. The summed E-state index contributed by atoms with van der Waals surface area (Å²) < 4.78 is 13.0. The molecule has 0 fully saturated rings. The van der Waals surface area contributed by atoms with Crippen LogP contribution in [-0.4, -0.2) is 17.4 Å². The predicted molar refractivity (Wildman–Crippen MR) is 51.1 cm³/mol. The van der Waals surface area contributed by atoms with Crippen molar-refractivity contribution in [3.05, 3.63) is 42.5 Å². The zero-order valence-electron chi connectivity index (χ0n) is 7.66. The van der Waals surface area contributed by atoms with E-state index in [0.29, 0.717) is 18.7 Å². The van der Waals surface area contributed by atoms with E-state index in [1.807, 2.05) is 0 Å². The molecule has 14 heavy (non-hydrogen) atoms. The van der Waals surface area contributed by atoms with Crippen molar-refractivity contribution < 1.29 is 9.18 Å². The standard InChI is InChI=1S/C10H11FN2O/c1-2-10(14)13-7-5-9-8(11)4-3-6-12-9/h2-4,6H,1,5,7H2,(H,13,14). The lowest BCUT2D eigenvalue weighted by Gasteiger charge is -2.02. The second-order valence-corrected chi connectivity index (χ2v) is 2.68. The highest BCUT2D eigenvalue weighted by molar-refractivity contribution is 5.86. The Bertz CT molecular complexity index is 339. The van der Waals surface area contributed by atoms with E-state index in [1.165, 1.54) is 24.4 Å². The van der Waals surface area contributed by atoms with E-state index in [9.17, 15) is 9.18 Å². The Morgan fingerprint density at radius 2 is 2.50 bits per heavy atom. The molecule has 1 N–H and O–H groups in total. The number of nitrogens with zero attached hydrogens (tertiary/aromatic N) is 1. The number of nitrogens with one attached hydrogen (secondary N) is 1. The van der Waals surface area contributed by atoms with Crippen LogP contribution in [-0.2, 0) is 11.2 Å². The highest BCUT2D eigenvalue weighted by atomic mass is 19.1. The Hall–Kier alpha value is -1.71. The van der Waals surface area contributed by atoms with Crippen LogP contribution in [0.1, 0.15) is 5.69 Å². The molecule has 0 atom stereocenters. The number of aromatic nitrogens is 1. The van der Waals surface area contributed by atoms with Crippen molar-refractivity contribution in [1.29, 1.82) is 0 Å². The highest BCUT2D eigenvalue weighted by Crippen LogP contribution is 2.02. The fraction of sp³-hybridized carbons (Fsp3) is 0.200. The quantitative estimate of drug-likeness (QED) is 0.728. The summed E-state index contributed by atoms with van der Waals surface area (Å²) in [5, 5.41) is 2.54. The molecule has 0 saturated carbocycles. The van der Waals surface area contributed by atoms with Crippen molar-refractivity contribution in [3.63, 3.8) is 0 Å². The Balaban J connectivity index is 2.42. The van der Waals surface area contributed by atoms with E-state index < -0.39 is 0 Å². The summed E-state index contributed by atoms with van der Waals surface area (Å²) in [6.07, 6.45) is 3.08. The average molecular weight is 194 g/mol. The average Bonchev–Trinajstić information content (AvgIpc) is 2.20. The van der Waals surface area contributed by atoms with Gasteiger partial charge in [-0.25, -0.2) is 4.39 Å². The Morgan fingerprint density at radius 3 is 3.14 bits per heavy atom. The molecule has 0 radical (unpaired) electrons. The molecule has 0 aliphatic carbocycles. The summed E-state index contributed by atoms with van der Waals surface area (Å²) in [6, 6.07) is 2.87. The number of pyridine rings is 1. The molecule has 0 saturated heterocycles. The SMILES string of the molecule is C=CC(=O)NCCc1ncccc1F. The molecule has 4 heteroatoms. The molecule has 74 valence electrons. The molecule has 0 aromatic carbocycles. The van der Waals surface area contributed by atoms with Gasteiger partial charge in [-0.15, -0.1) is 0 Å². The van der Waals surface area contributed by atoms with Gasteiger partial charge in [-0.2, -0.15) is 0 Å². The van der Waals surface area contributed by atoms with Gasteiger partial charge in [0.2, 0.25) is 5.91 Å². The van der Waals surface area contributed by atoms with E-state index in [4.69, 9.17) is 0 Å². The number of amides is 1. The molecule has 1 aromatic rings. The third kappa shape index (κ3) is 2.97. The second kappa shape index (κ2) is 5.11. The summed E-state index contributed by atoms with van der Waals surface area (Å²) in [5.74, 6) is -0.610. The number of carbonyl (C=O) groups is 1. The van der Waals surface area contributed by atoms with Gasteiger partial charge in [0, 0.05) is 19.2 Å². The molecule has 1 rings (SSSR count). The highest BCUT2D eigenvalue weighted by Gasteiger charge is 2.01. The van der Waals surface area contributed by atoms with Gasteiger partial charge in [0.1, 0.15) is 5.82 Å². The predicted octanol–water partition coefficient (Wildman–Crippen LogP) is 1.07. The smallest absolute Gasteiger partial charge is 0.243 e. The maximum Gasteiger partial charge on any atom is 0.243 e. The molecule has 1 heterocycles. The minimum Gasteiger partial charge on any atom is -0.352 e. The zero-order valence-corrected chi connectivity index (χ0v) is 7.66. The van der Waals surface area contributed by atoms with Crippen LogP contribution in [0.25, 0.3) is 0 Å². The van der Waals surface area contributed by atoms with Crippen molar-refractivity contribution in [2.24, 2.45) is 0 Å². The third-order valence-electron chi connectivity index (χ3n) is 1.68. The van der Waals surface area contributed by atoms with Crippen molar-refractivity contribution in [2.75, 3.05) is 6.54 Å². The summed E-state index contributed by atoms with van der Waals surface area (Å²) in [4.78, 5) is 14.6. The van der Waals surface area contributed by atoms with Gasteiger partial charge in [-0.05, 0) is 18.2 Å². The van der Waals surface area contributed by atoms with E-state index in [-0.39, 0.29) is 11.7 Å². The van der Waals surface area contributed by atoms with Crippen LogP contribution in [0.15, 0.2) is 31.0 Å². The summed E-state index contributed by atoms with van der Waals surface area (Å²) >= 11 is 0. The summed E-state index contributed by atoms with van der Waals surface area (Å²) in [6.45, 7) is 3.66. The minimum atomic E-state index is -0.347. The first-order valence-corrected chi connectivity index (χ1v) is 4.23. The first-order chi connectivity index (χ1) is 6.74. The lowest BCUT2D eigenvalue weighted by molar-refractivity contribution is -0.116. The number of halogens is 1. The second-order valence-electron chi connectivity index (χ2n) is 2.68. The fourth-order valence-corrected chi connectivity index (χ4v) is 0.979. The molecule has 1 amide bonds. The Morgan fingerprint density at radius 1 is 1.71 bits per heavy atom. The van der Waals surface area contributed by atoms with Gasteiger partial charge in [0.05, 0.1) is 5.69 Å². The molecule has 0 aliphatic heterocycles. The van der Waals surface area contributed by atoms with Gasteiger partial charge in [-0.3, -0.25) is 9.78 Å². The molecule has 0 spiro atoms. The van der Waals surface area contributed by atoms with Gasteiger partial charge in [0.25, 0.3) is 0 Å². The molecular formula is C10H11FN2O. The van der Waals surface area contributed by atoms with Crippen LogP contribution < -0.4 is 5.32 Å². The number of hydrogen-bond donors (Lipinski definition) is 1. The lowest BCUT2D eigenvalue weighted by atomic mass is 10.2. The molecule has 3 nitrogen and oxygen atoms in total. The Kier molecular flexibility index (Phi) is 3.79. The van der Waals surface area contributed by atoms with Gasteiger partial charge >= 0.3 is 0 Å². The van der Waals surface area contributed by atoms with Gasteiger partial charge in [-0.1, -0.05) is 6.58 Å². The van der Waals surface area contributed by atoms with E-state index >= 15 is 0 Å². The number of carbonyl (C=O) groups excluding carboxylic acids is 1. The van der Waals surface area contributed by atoms with Crippen molar-refractivity contribution in [1.82, 2.24) is 10.3 Å². The normalized spacial score (nSPS) is 9.50.